The molecule has 126 valence electrons. The Bertz CT molecular complexity index is 865. The summed E-state index contributed by atoms with van der Waals surface area (Å²) in [5, 5.41) is 5.18. The fourth-order valence-electron chi connectivity index (χ4n) is 2.74. The van der Waals surface area contributed by atoms with Crippen LogP contribution in [0.15, 0.2) is 53.4 Å². The normalized spacial score (nSPS) is 15.0. The fourth-order valence-corrected chi connectivity index (χ4v) is 3.27. The maximum Gasteiger partial charge on any atom is 0.267 e. The van der Waals surface area contributed by atoms with Crippen LogP contribution in [0.5, 0.6) is 5.75 Å². The number of sulfonamides is 1. The lowest BCUT2D eigenvalue weighted by Gasteiger charge is -2.22. The fraction of sp³-hybridized carbons (Fsp3) is 0.235. The van der Waals surface area contributed by atoms with E-state index in [-0.39, 0.29) is 10.8 Å². The summed E-state index contributed by atoms with van der Waals surface area (Å²) in [6.07, 6.45) is -0.0131. The predicted molar refractivity (Wildman–Crippen MR) is 90.4 cm³/mol. The second-order valence-corrected chi connectivity index (χ2v) is 7.21. The summed E-state index contributed by atoms with van der Waals surface area (Å²) in [6, 6.07) is 13.7. The number of hydrogen-bond acceptors (Lipinski definition) is 4. The lowest BCUT2D eigenvalue weighted by atomic mass is 10.2. The molecule has 1 heterocycles. The molecule has 1 atom stereocenters. The summed E-state index contributed by atoms with van der Waals surface area (Å²) in [5.41, 5.74) is 1.50. The number of benzene rings is 2. The van der Waals surface area contributed by atoms with Gasteiger partial charge in [-0.2, -0.15) is 0 Å². The number of carbonyl (C=O) groups is 1. The van der Waals surface area contributed by atoms with Gasteiger partial charge in [0.1, 0.15) is 5.75 Å². The summed E-state index contributed by atoms with van der Waals surface area (Å²) < 4.78 is 28.7. The van der Waals surface area contributed by atoms with Crippen LogP contribution >= 0.6 is 0 Å². The summed E-state index contributed by atoms with van der Waals surface area (Å²) in [5.74, 6) is 0.389. The number of amides is 1. The van der Waals surface area contributed by atoms with Crippen molar-refractivity contribution >= 4 is 21.6 Å². The molecule has 0 aromatic heterocycles. The molecule has 1 aliphatic heterocycles. The molecule has 2 aromatic carbocycles. The predicted octanol–water partition coefficient (Wildman–Crippen LogP) is 1.69. The van der Waals surface area contributed by atoms with E-state index in [1.54, 1.807) is 30.0 Å². The Kier molecular flexibility index (Phi) is 4.29. The van der Waals surface area contributed by atoms with E-state index < -0.39 is 16.1 Å². The minimum Gasteiger partial charge on any atom is -0.481 e. The van der Waals surface area contributed by atoms with Gasteiger partial charge in [0, 0.05) is 12.2 Å². The zero-order chi connectivity index (χ0) is 17.3. The number of rotatable bonds is 4. The molecular weight excluding hydrogens is 328 g/mol. The van der Waals surface area contributed by atoms with Crippen LogP contribution in [0.2, 0.25) is 0 Å². The van der Waals surface area contributed by atoms with Gasteiger partial charge < -0.3 is 9.64 Å². The molecule has 24 heavy (non-hydrogen) atoms. The molecule has 2 N–H and O–H groups in total. The first-order valence-corrected chi connectivity index (χ1v) is 9.10. The third-order valence-electron chi connectivity index (χ3n) is 3.95. The number of ether oxygens (including phenoxy) is 1. The average Bonchev–Trinajstić information content (AvgIpc) is 2.97. The molecule has 7 heteroatoms. The van der Waals surface area contributed by atoms with E-state index in [0.29, 0.717) is 24.4 Å². The van der Waals surface area contributed by atoms with Gasteiger partial charge in [0.05, 0.1) is 4.90 Å². The van der Waals surface area contributed by atoms with Gasteiger partial charge >= 0.3 is 0 Å². The molecule has 0 bridgehead atoms. The van der Waals surface area contributed by atoms with Gasteiger partial charge in [0.25, 0.3) is 5.91 Å². The van der Waals surface area contributed by atoms with Gasteiger partial charge in [0.2, 0.25) is 10.0 Å². The Morgan fingerprint density at radius 3 is 2.58 bits per heavy atom. The Labute approximate surface area is 140 Å². The highest BCUT2D eigenvalue weighted by Gasteiger charge is 2.30. The Balaban J connectivity index is 1.83. The van der Waals surface area contributed by atoms with Gasteiger partial charge in [-0.15, -0.1) is 0 Å². The first kappa shape index (κ1) is 16.5. The van der Waals surface area contributed by atoms with Crippen molar-refractivity contribution in [3.8, 4) is 5.75 Å². The summed E-state index contributed by atoms with van der Waals surface area (Å²) >= 11 is 0. The minimum atomic E-state index is -3.81. The molecule has 0 aliphatic carbocycles. The standard InChI is InChI=1S/C17H18N2O4S/c1-12(23-14-5-3-2-4-6-14)17(20)19-10-9-13-7-8-15(11-16(13)19)24(18,21)22/h2-8,11-12H,9-10H2,1H3,(H2,18,21,22). The molecule has 2 aromatic rings. The number of anilines is 1. The molecule has 6 nitrogen and oxygen atoms in total. The third kappa shape index (κ3) is 3.27. The Morgan fingerprint density at radius 1 is 1.21 bits per heavy atom. The van der Waals surface area contributed by atoms with E-state index in [1.807, 2.05) is 18.2 Å². The van der Waals surface area contributed by atoms with Crippen LogP contribution in [0.1, 0.15) is 12.5 Å². The van der Waals surface area contributed by atoms with Crippen LogP contribution in [0.4, 0.5) is 5.69 Å². The van der Waals surface area contributed by atoms with Crippen LogP contribution in [0.3, 0.4) is 0 Å². The second-order valence-electron chi connectivity index (χ2n) is 5.65. The van der Waals surface area contributed by atoms with Crippen molar-refractivity contribution in [1.82, 2.24) is 0 Å². The molecular formula is C17H18N2O4S. The largest absolute Gasteiger partial charge is 0.481 e. The molecule has 1 aliphatic rings. The SMILES string of the molecule is CC(Oc1ccccc1)C(=O)N1CCc2ccc(S(N)(=O)=O)cc21. The van der Waals surface area contributed by atoms with Crippen molar-refractivity contribution in [2.75, 3.05) is 11.4 Å². The van der Waals surface area contributed by atoms with Crippen molar-refractivity contribution in [3.63, 3.8) is 0 Å². The number of nitrogens with zero attached hydrogens (tertiary/aromatic N) is 1. The first-order chi connectivity index (χ1) is 11.4. The lowest BCUT2D eigenvalue weighted by molar-refractivity contribution is -0.124. The average molecular weight is 346 g/mol. The van der Waals surface area contributed by atoms with Gasteiger partial charge in [-0.3, -0.25) is 4.79 Å². The van der Waals surface area contributed by atoms with Gasteiger partial charge in [-0.1, -0.05) is 24.3 Å². The molecule has 0 radical (unpaired) electrons. The number of hydrogen-bond donors (Lipinski definition) is 1. The number of primary sulfonamides is 1. The lowest BCUT2D eigenvalue weighted by Crippen LogP contribution is -2.39. The highest BCUT2D eigenvalue weighted by Crippen LogP contribution is 2.31. The van der Waals surface area contributed by atoms with Gasteiger partial charge in [-0.05, 0) is 43.2 Å². The van der Waals surface area contributed by atoms with Crippen LogP contribution in [0, 0.1) is 0 Å². The smallest absolute Gasteiger partial charge is 0.267 e. The molecule has 0 saturated carbocycles. The number of fused-ring (bicyclic) bond motifs is 1. The highest BCUT2D eigenvalue weighted by molar-refractivity contribution is 7.89. The van der Waals surface area contributed by atoms with Crippen molar-refractivity contribution in [2.24, 2.45) is 5.14 Å². The monoisotopic (exact) mass is 346 g/mol. The van der Waals surface area contributed by atoms with Crippen molar-refractivity contribution in [3.05, 3.63) is 54.1 Å². The van der Waals surface area contributed by atoms with E-state index in [9.17, 15) is 13.2 Å². The third-order valence-corrected chi connectivity index (χ3v) is 4.86. The van der Waals surface area contributed by atoms with Crippen LogP contribution in [-0.2, 0) is 21.2 Å². The minimum absolute atomic E-state index is 0.00224. The van der Waals surface area contributed by atoms with Crippen molar-refractivity contribution in [2.45, 2.75) is 24.3 Å². The van der Waals surface area contributed by atoms with Gasteiger partial charge in [0.15, 0.2) is 6.10 Å². The van der Waals surface area contributed by atoms with Crippen molar-refractivity contribution < 1.29 is 17.9 Å². The molecule has 0 fully saturated rings. The summed E-state index contributed by atoms with van der Waals surface area (Å²) in [7, 11) is -3.81. The van der Waals surface area contributed by atoms with Crippen LogP contribution in [0.25, 0.3) is 0 Å². The van der Waals surface area contributed by atoms with E-state index in [1.165, 1.54) is 12.1 Å². The zero-order valence-corrected chi connectivity index (χ0v) is 14.0. The van der Waals surface area contributed by atoms with Crippen LogP contribution in [-0.4, -0.2) is 27.0 Å². The number of para-hydroxylation sites is 1. The first-order valence-electron chi connectivity index (χ1n) is 7.55. The van der Waals surface area contributed by atoms with Crippen molar-refractivity contribution in [1.29, 1.82) is 0 Å². The molecule has 1 amide bonds. The van der Waals surface area contributed by atoms with Crippen LogP contribution < -0.4 is 14.8 Å². The highest BCUT2D eigenvalue weighted by atomic mass is 32.2. The molecule has 1 unspecified atom stereocenters. The number of carbonyl (C=O) groups excluding carboxylic acids is 1. The molecule has 0 saturated heterocycles. The van der Waals surface area contributed by atoms with E-state index in [0.717, 1.165) is 5.56 Å². The maximum atomic E-state index is 12.7. The topological polar surface area (TPSA) is 89.7 Å². The Hall–Kier alpha value is -2.38. The molecule has 0 spiro atoms. The van der Waals surface area contributed by atoms with Gasteiger partial charge in [-0.25, -0.2) is 13.6 Å². The Morgan fingerprint density at radius 2 is 1.92 bits per heavy atom. The quantitative estimate of drug-likeness (QED) is 0.912. The molecule has 3 rings (SSSR count). The zero-order valence-electron chi connectivity index (χ0n) is 13.2. The summed E-state index contributed by atoms with van der Waals surface area (Å²) in [6.45, 7) is 2.17. The maximum absolute atomic E-state index is 12.7. The van der Waals surface area contributed by atoms with E-state index in [2.05, 4.69) is 0 Å². The summed E-state index contributed by atoms with van der Waals surface area (Å²) in [4.78, 5) is 14.2. The van der Waals surface area contributed by atoms with E-state index >= 15 is 0 Å². The number of nitrogens with two attached hydrogens (primary N) is 1. The van der Waals surface area contributed by atoms with E-state index in [4.69, 9.17) is 9.88 Å². The second kappa shape index (κ2) is 6.26.